The van der Waals surface area contributed by atoms with Crippen LogP contribution in [-0.2, 0) is 9.47 Å². The van der Waals surface area contributed by atoms with Crippen LogP contribution in [0.5, 0.6) is 0 Å². The molecule has 0 aromatic carbocycles. The molecule has 1 saturated heterocycles. The van der Waals surface area contributed by atoms with Crippen LogP contribution in [0.1, 0.15) is 22.8 Å². The third-order valence-corrected chi connectivity index (χ3v) is 5.16. The summed E-state index contributed by atoms with van der Waals surface area (Å²) in [6, 6.07) is 5.03. The van der Waals surface area contributed by atoms with E-state index in [4.69, 9.17) is 15.2 Å². The molecule has 11 heteroatoms. The van der Waals surface area contributed by atoms with Crippen LogP contribution in [0.25, 0.3) is 5.65 Å². The number of ether oxygens (including phenoxy) is 2. The number of pyridine rings is 1. The molecule has 0 bridgehead atoms. The lowest BCUT2D eigenvalue weighted by Crippen LogP contribution is -2.40. The molecule has 30 heavy (non-hydrogen) atoms. The summed E-state index contributed by atoms with van der Waals surface area (Å²) < 4.78 is 14.1. The highest BCUT2D eigenvalue weighted by molar-refractivity contribution is 5.98. The summed E-state index contributed by atoms with van der Waals surface area (Å²) in [5, 5.41) is 10.2. The monoisotopic (exact) mass is 413 g/mol. The molecule has 11 nitrogen and oxygen atoms in total. The number of aromatic nitrogens is 4. The Labute approximate surface area is 171 Å². The zero-order chi connectivity index (χ0) is 21.3. The van der Waals surface area contributed by atoms with E-state index in [-0.39, 0.29) is 28.9 Å². The number of carbonyl (C=O) groups is 1. The van der Waals surface area contributed by atoms with Crippen LogP contribution in [0.15, 0.2) is 35.4 Å². The number of methoxy groups -OCH3 is 1. The van der Waals surface area contributed by atoms with Gasteiger partial charge < -0.3 is 30.4 Å². The van der Waals surface area contributed by atoms with Crippen LogP contribution in [0.2, 0.25) is 0 Å². The Bertz CT molecular complexity index is 1140. The molecule has 3 aromatic heterocycles. The Morgan fingerprint density at radius 3 is 3.00 bits per heavy atom. The van der Waals surface area contributed by atoms with Crippen molar-refractivity contribution in [1.29, 1.82) is 0 Å². The van der Waals surface area contributed by atoms with Crippen LogP contribution in [-0.4, -0.2) is 58.5 Å². The largest absolute Gasteiger partial charge is 0.379 e. The number of primary amides is 1. The number of amides is 1. The maximum atomic E-state index is 13.1. The molecule has 1 aliphatic rings. The molecule has 4 rings (SSSR count). The lowest BCUT2D eigenvalue weighted by molar-refractivity contribution is -0.0609. The van der Waals surface area contributed by atoms with Crippen molar-refractivity contribution in [2.45, 2.75) is 18.6 Å². The van der Waals surface area contributed by atoms with Crippen molar-refractivity contribution in [3.8, 4) is 0 Å². The predicted molar refractivity (Wildman–Crippen MR) is 110 cm³/mol. The molecule has 1 aliphatic heterocycles. The number of nitrogens with two attached hydrogens (primary N) is 1. The molecule has 4 heterocycles. The van der Waals surface area contributed by atoms with E-state index in [0.29, 0.717) is 37.0 Å². The summed E-state index contributed by atoms with van der Waals surface area (Å²) in [6.45, 7) is 1.00. The van der Waals surface area contributed by atoms with E-state index in [1.807, 2.05) is 0 Å². The SMILES string of the molecule is CNc1cc(Nc2cccn([C@@H]3CCOC[C@@H]3OC)c2=O)nc2c(C(N)=O)cnn12. The van der Waals surface area contributed by atoms with E-state index in [0.717, 1.165) is 0 Å². The quantitative estimate of drug-likeness (QED) is 0.538. The lowest BCUT2D eigenvalue weighted by atomic mass is 10.1. The summed E-state index contributed by atoms with van der Waals surface area (Å²) in [5.74, 6) is 0.319. The Balaban J connectivity index is 1.73. The van der Waals surface area contributed by atoms with Crippen LogP contribution in [0.4, 0.5) is 17.3 Å². The van der Waals surface area contributed by atoms with Crippen molar-refractivity contribution in [2.75, 3.05) is 38.0 Å². The fourth-order valence-corrected chi connectivity index (χ4v) is 3.63. The van der Waals surface area contributed by atoms with E-state index in [1.165, 1.54) is 10.7 Å². The van der Waals surface area contributed by atoms with Gasteiger partial charge in [0.05, 0.1) is 18.8 Å². The van der Waals surface area contributed by atoms with E-state index in [1.54, 1.807) is 43.1 Å². The molecule has 4 N–H and O–H groups in total. The zero-order valence-corrected chi connectivity index (χ0v) is 16.7. The number of anilines is 3. The summed E-state index contributed by atoms with van der Waals surface area (Å²) in [6.07, 6.45) is 3.57. The number of nitrogens with zero attached hydrogens (tertiary/aromatic N) is 4. The first-order valence-corrected chi connectivity index (χ1v) is 9.48. The predicted octanol–water partition coefficient (Wildman–Crippen LogP) is 0.752. The molecular weight excluding hydrogens is 390 g/mol. The molecule has 0 unspecified atom stereocenters. The highest BCUT2D eigenvalue weighted by Gasteiger charge is 2.28. The van der Waals surface area contributed by atoms with E-state index >= 15 is 0 Å². The van der Waals surface area contributed by atoms with Gasteiger partial charge in [-0.3, -0.25) is 9.59 Å². The van der Waals surface area contributed by atoms with Crippen LogP contribution in [0.3, 0.4) is 0 Å². The van der Waals surface area contributed by atoms with Crippen LogP contribution < -0.4 is 21.9 Å². The standard InChI is InChI=1S/C19H23N7O4/c1-21-16-8-15(24-18-11(17(20)27)9-22-26(16)18)23-12-4-3-6-25(19(12)28)13-5-7-30-10-14(13)29-2/h3-4,6,8-9,13-14,21H,5,7,10H2,1-2H3,(H2,20,27)(H,23,24)/t13-,14+/m1/s1. The van der Waals surface area contributed by atoms with Gasteiger partial charge in [-0.05, 0) is 18.6 Å². The second kappa shape index (κ2) is 8.13. The highest BCUT2D eigenvalue weighted by atomic mass is 16.5. The lowest BCUT2D eigenvalue weighted by Gasteiger charge is -2.32. The first kappa shape index (κ1) is 19.9. The molecule has 2 atom stereocenters. The van der Waals surface area contributed by atoms with Gasteiger partial charge in [0.1, 0.15) is 29.0 Å². The summed E-state index contributed by atoms with van der Waals surface area (Å²) in [5.41, 5.74) is 6.04. The van der Waals surface area contributed by atoms with E-state index in [2.05, 4.69) is 20.7 Å². The van der Waals surface area contributed by atoms with Crippen molar-refractivity contribution in [2.24, 2.45) is 5.73 Å². The van der Waals surface area contributed by atoms with Gasteiger partial charge in [0, 0.05) is 33.0 Å². The molecule has 1 fully saturated rings. The number of hydrogen-bond acceptors (Lipinski definition) is 8. The van der Waals surface area contributed by atoms with E-state index < -0.39 is 5.91 Å². The minimum absolute atomic E-state index is 0.127. The van der Waals surface area contributed by atoms with Crippen LogP contribution >= 0.6 is 0 Å². The van der Waals surface area contributed by atoms with Crippen molar-refractivity contribution in [1.82, 2.24) is 19.2 Å². The average Bonchev–Trinajstić information content (AvgIpc) is 3.19. The fourth-order valence-electron chi connectivity index (χ4n) is 3.63. The van der Waals surface area contributed by atoms with Crippen molar-refractivity contribution < 1.29 is 14.3 Å². The first-order chi connectivity index (χ1) is 14.5. The second-order valence-electron chi connectivity index (χ2n) is 6.90. The number of carbonyl (C=O) groups excluding carboxylic acids is 1. The number of fused-ring (bicyclic) bond motifs is 1. The minimum atomic E-state index is -0.635. The Morgan fingerprint density at radius 2 is 2.27 bits per heavy atom. The molecule has 1 amide bonds. The first-order valence-electron chi connectivity index (χ1n) is 9.48. The molecule has 0 aliphatic carbocycles. The van der Waals surface area contributed by atoms with Gasteiger partial charge in [0.15, 0.2) is 5.65 Å². The normalized spacial score (nSPS) is 19.0. The van der Waals surface area contributed by atoms with Crippen molar-refractivity contribution in [3.05, 3.63) is 46.5 Å². The van der Waals surface area contributed by atoms with Gasteiger partial charge in [-0.1, -0.05) is 0 Å². The minimum Gasteiger partial charge on any atom is -0.379 e. The van der Waals surface area contributed by atoms with Gasteiger partial charge >= 0.3 is 0 Å². The number of rotatable bonds is 6. The average molecular weight is 413 g/mol. The Morgan fingerprint density at radius 1 is 1.43 bits per heavy atom. The molecule has 0 radical (unpaired) electrons. The van der Waals surface area contributed by atoms with Gasteiger partial charge in [0.2, 0.25) is 0 Å². The second-order valence-corrected chi connectivity index (χ2v) is 6.90. The molecular formula is C19H23N7O4. The summed E-state index contributed by atoms with van der Waals surface area (Å²) in [7, 11) is 3.33. The number of nitrogens with one attached hydrogen (secondary N) is 2. The highest BCUT2D eigenvalue weighted by Crippen LogP contribution is 2.24. The van der Waals surface area contributed by atoms with Gasteiger partial charge in [-0.2, -0.15) is 9.61 Å². The van der Waals surface area contributed by atoms with Crippen molar-refractivity contribution >= 4 is 28.9 Å². The van der Waals surface area contributed by atoms with Gasteiger partial charge in [-0.15, -0.1) is 0 Å². The fraction of sp³-hybridized carbons (Fsp3) is 0.368. The van der Waals surface area contributed by atoms with E-state index in [9.17, 15) is 9.59 Å². The summed E-state index contributed by atoms with van der Waals surface area (Å²) in [4.78, 5) is 29.3. The zero-order valence-electron chi connectivity index (χ0n) is 16.7. The topological polar surface area (TPSA) is 138 Å². The Hall–Kier alpha value is -3.44. The third kappa shape index (κ3) is 3.48. The summed E-state index contributed by atoms with van der Waals surface area (Å²) >= 11 is 0. The number of hydrogen-bond donors (Lipinski definition) is 3. The molecule has 158 valence electrons. The molecule has 0 spiro atoms. The maximum absolute atomic E-state index is 13.1. The molecule has 0 saturated carbocycles. The van der Waals surface area contributed by atoms with Crippen molar-refractivity contribution in [3.63, 3.8) is 0 Å². The Kier molecular flexibility index (Phi) is 5.38. The van der Waals surface area contributed by atoms with Crippen LogP contribution in [0, 0.1) is 0 Å². The smallest absolute Gasteiger partial charge is 0.274 e. The third-order valence-electron chi connectivity index (χ3n) is 5.16. The van der Waals surface area contributed by atoms with Gasteiger partial charge in [-0.25, -0.2) is 4.98 Å². The maximum Gasteiger partial charge on any atom is 0.274 e. The van der Waals surface area contributed by atoms with Gasteiger partial charge in [0.25, 0.3) is 11.5 Å². The molecule has 3 aromatic rings.